The Balaban J connectivity index is 2.64. The van der Waals surface area contributed by atoms with Gasteiger partial charge in [-0.05, 0) is 46.6 Å². The molecule has 1 aliphatic rings. The largest absolute Gasteiger partial charge is 0.335 e. The van der Waals surface area contributed by atoms with Crippen LogP contribution in [0.4, 0.5) is 0 Å². The van der Waals surface area contributed by atoms with Crippen LogP contribution in [0.1, 0.15) is 47.0 Å². The van der Waals surface area contributed by atoms with Gasteiger partial charge in [0.2, 0.25) is 5.91 Å². The summed E-state index contributed by atoms with van der Waals surface area (Å²) < 4.78 is 0. The molecule has 1 atom stereocenters. The first-order valence-electron chi connectivity index (χ1n) is 6.77. The van der Waals surface area contributed by atoms with Crippen LogP contribution in [0.2, 0.25) is 0 Å². The van der Waals surface area contributed by atoms with E-state index in [4.69, 9.17) is 0 Å². The van der Waals surface area contributed by atoms with Gasteiger partial charge in [-0.15, -0.1) is 0 Å². The molecule has 0 saturated carbocycles. The smallest absolute Gasteiger partial charge is 0.249 e. The monoisotopic (exact) mass is 238 g/mol. The molecule has 3 heteroatoms. The Morgan fingerprint density at radius 2 is 2.24 bits per heavy atom. The molecule has 0 aromatic heterocycles. The van der Waals surface area contributed by atoms with Crippen molar-refractivity contribution in [3.63, 3.8) is 0 Å². The summed E-state index contributed by atoms with van der Waals surface area (Å²) in [5.74, 6) is 0.190. The minimum Gasteiger partial charge on any atom is -0.335 e. The van der Waals surface area contributed by atoms with Crippen LogP contribution >= 0.6 is 0 Å². The molecule has 0 aliphatic carbocycles. The Morgan fingerprint density at radius 1 is 1.53 bits per heavy atom. The summed E-state index contributed by atoms with van der Waals surface area (Å²) in [5, 5.41) is 3.45. The molecule has 0 aromatic carbocycles. The molecule has 0 bridgehead atoms. The highest BCUT2D eigenvalue weighted by Gasteiger charge is 2.23. The van der Waals surface area contributed by atoms with Crippen molar-refractivity contribution >= 4 is 5.91 Å². The Morgan fingerprint density at radius 3 is 2.71 bits per heavy atom. The first kappa shape index (κ1) is 14.2. The van der Waals surface area contributed by atoms with Crippen molar-refractivity contribution in [2.45, 2.75) is 59.0 Å². The van der Waals surface area contributed by atoms with Crippen molar-refractivity contribution in [1.82, 2.24) is 10.2 Å². The zero-order chi connectivity index (χ0) is 12.8. The summed E-state index contributed by atoms with van der Waals surface area (Å²) in [6.07, 6.45) is 5.35. The van der Waals surface area contributed by atoms with Crippen molar-refractivity contribution in [2.75, 3.05) is 13.1 Å². The number of nitrogens with one attached hydrogen (secondary N) is 1. The van der Waals surface area contributed by atoms with Crippen molar-refractivity contribution < 1.29 is 4.79 Å². The maximum atomic E-state index is 12.3. The molecule has 1 N–H and O–H groups in total. The third kappa shape index (κ3) is 4.15. The SMILES string of the molecule is CC/C=C(/C)C(=O)N(CC1CCCN1)C(C)C. The Labute approximate surface area is 105 Å². The fourth-order valence-corrected chi connectivity index (χ4v) is 2.30. The van der Waals surface area contributed by atoms with Gasteiger partial charge in [-0.1, -0.05) is 13.0 Å². The fraction of sp³-hybridized carbons (Fsp3) is 0.786. The third-order valence-electron chi connectivity index (χ3n) is 3.31. The van der Waals surface area contributed by atoms with Gasteiger partial charge < -0.3 is 10.2 Å². The molecule has 98 valence electrons. The maximum absolute atomic E-state index is 12.3. The van der Waals surface area contributed by atoms with Gasteiger partial charge >= 0.3 is 0 Å². The van der Waals surface area contributed by atoms with Crippen molar-refractivity contribution in [1.29, 1.82) is 0 Å². The van der Waals surface area contributed by atoms with E-state index < -0.39 is 0 Å². The van der Waals surface area contributed by atoms with Crippen molar-refractivity contribution in [2.24, 2.45) is 0 Å². The predicted octanol–water partition coefficient (Wildman–Crippen LogP) is 2.33. The minimum atomic E-state index is 0.190. The van der Waals surface area contributed by atoms with Crippen LogP contribution in [0.5, 0.6) is 0 Å². The molecule has 1 amide bonds. The van der Waals surface area contributed by atoms with E-state index in [1.165, 1.54) is 12.8 Å². The normalized spacial score (nSPS) is 21.0. The van der Waals surface area contributed by atoms with Gasteiger partial charge in [-0.3, -0.25) is 4.79 Å². The van der Waals surface area contributed by atoms with Crippen molar-refractivity contribution in [3.8, 4) is 0 Å². The molecule has 0 radical (unpaired) electrons. The molecule has 1 heterocycles. The molecule has 0 aromatic rings. The number of rotatable bonds is 5. The topological polar surface area (TPSA) is 32.3 Å². The number of allylic oxidation sites excluding steroid dienone is 1. The zero-order valence-corrected chi connectivity index (χ0v) is 11.6. The van der Waals surface area contributed by atoms with Crippen LogP contribution < -0.4 is 5.32 Å². The maximum Gasteiger partial charge on any atom is 0.249 e. The first-order valence-corrected chi connectivity index (χ1v) is 6.77. The van der Waals surface area contributed by atoms with E-state index in [1.807, 2.05) is 17.9 Å². The molecule has 1 saturated heterocycles. The second-order valence-electron chi connectivity index (χ2n) is 5.14. The van der Waals surface area contributed by atoms with E-state index in [1.54, 1.807) is 0 Å². The van der Waals surface area contributed by atoms with Gasteiger partial charge in [0.05, 0.1) is 0 Å². The van der Waals surface area contributed by atoms with Gasteiger partial charge in [0.25, 0.3) is 0 Å². The molecule has 3 nitrogen and oxygen atoms in total. The molecule has 1 aliphatic heterocycles. The lowest BCUT2D eigenvalue weighted by atomic mass is 10.1. The standard InChI is InChI=1S/C14H26N2O/c1-5-7-12(4)14(17)16(11(2)3)10-13-8-6-9-15-13/h7,11,13,15H,5-6,8-10H2,1-4H3/b12-7-. The first-order chi connectivity index (χ1) is 8.06. The molecular formula is C14H26N2O. The van der Waals surface area contributed by atoms with Crippen molar-refractivity contribution in [3.05, 3.63) is 11.6 Å². The Kier molecular flexibility index (Phi) is 5.69. The molecule has 17 heavy (non-hydrogen) atoms. The van der Waals surface area contributed by atoms with Gasteiger partial charge in [0.1, 0.15) is 0 Å². The van der Waals surface area contributed by atoms with Crippen LogP contribution in [-0.4, -0.2) is 36.0 Å². The number of carbonyl (C=O) groups excluding carboxylic acids is 1. The quantitative estimate of drug-likeness (QED) is 0.746. The number of carbonyl (C=O) groups is 1. The Hall–Kier alpha value is -0.830. The van der Waals surface area contributed by atoms with Gasteiger partial charge in [0.15, 0.2) is 0 Å². The number of hydrogen-bond acceptors (Lipinski definition) is 2. The number of hydrogen-bond donors (Lipinski definition) is 1. The van der Waals surface area contributed by atoms with Gasteiger partial charge in [0, 0.05) is 24.2 Å². The molecule has 0 spiro atoms. The lowest BCUT2D eigenvalue weighted by molar-refractivity contribution is -0.129. The van der Waals surface area contributed by atoms with E-state index in [0.717, 1.165) is 25.1 Å². The van der Waals surface area contributed by atoms with Crippen LogP contribution in [0.15, 0.2) is 11.6 Å². The summed E-state index contributed by atoms with van der Waals surface area (Å²) in [4.78, 5) is 14.3. The Bertz CT molecular complexity index is 278. The summed E-state index contributed by atoms with van der Waals surface area (Å²) in [7, 11) is 0. The highest BCUT2D eigenvalue weighted by Crippen LogP contribution is 2.12. The van der Waals surface area contributed by atoms with Crippen LogP contribution in [0.3, 0.4) is 0 Å². The lowest BCUT2D eigenvalue weighted by Gasteiger charge is -2.30. The highest BCUT2D eigenvalue weighted by molar-refractivity contribution is 5.93. The lowest BCUT2D eigenvalue weighted by Crippen LogP contribution is -2.45. The summed E-state index contributed by atoms with van der Waals surface area (Å²) in [6.45, 7) is 10.1. The van der Waals surface area contributed by atoms with Gasteiger partial charge in [-0.25, -0.2) is 0 Å². The van der Waals surface area contributed by atoms with E-state index >= 15 is 0 Å². The second kappa shape index (κ2) is 6.80. The van der Waals surface area contributed by atoms with E-state index in [9.17, 15) is 4.79 Å². The summed E-state index contributed by atoms with van der Waals surface area (Å²) >= 11 is 0. The summed E-state index contributed by atoms with van der Waals surface area (Å²) in [5.41, 5.74) is 0.874. The number of amides is 1. The predicted molar refractivity (Wildman–Crippen MR) is 71.9 cm³/mol. The highest BCUT2D eigenvalue weighted by atomic mass is 16.2. The molecule has 1 rings (SSSR count). The molecule has 1 fully saturated rings. The molecular weight excluding hydrogens is 212 g/mol. The minimum absolute atomic E-state index is 0.190. The average Bonchev–Trinajstić information content (AvgIpc) is 2.77. The van der Waals surface area contributed by atoms with E-state index in [-0.39, 0.29) is 11.9 Å². The molecule has 1 unspecified atom stereocenters. The third-order valence-corrected chi connectivity index (χ3v) is 3.31. The average molecular weight is 238 g/mol. The summed E-state index contributed by atoms with van der Waals surface area (Å²) in [6, 6.07) is 0.751. The van der Waals surface area contributed by atoms with Crippen LogP contribution in [0.25, 0.3) is 0 Å². The van der Waals surface area contributed by atoms with Crippen LogP contribution in [0, 0.1) is 0 Å². The van der Waals surface area contributed by atoms with Gasteiger partial charge in [-0.2, -0.15) is 0 Å². The zero-order valence-electron chi connectivity index (χ0n) is 11.6. The van der Waals surface area contributed by atoms with Crippen LogP contribution in [-0.2, 0) is 4.79 Å². The fourth-order valence-electron chi connectivity index (χ4n) is 2.30. The van der Waals surface area contributed by atoms with E-state index in [0.29, 0.717) is 6.04 Å². The second-order valence-corrected chi connectivity index (χ2v) is 5.14. The van der Waals surface area contributed by atoms with E-state index in [2.05, 4.69) is 26.1 Å². The number of nitrogens with zero attached hydrogens (tertiary/aromatic N) is 1.